The van der Waals surface area contributed by atoms with Crippen LogP contribution in [0.1, 0.15) is 12.0 Å². The van der Waals surface area contributed by atoms with E-state index in [1.165, 1.54) is 12.1 Å². The number of piperidine rings is 3. The van der Waals surface area contributed by atoms with E-state index >= 15 is 0 Å². The van der Waals surface area contributed by atoms with Gasteiger partial charge in [-0.2, -0.15) is 0 Å². The van der Waals surface area contributed by atoms with Gasteiger partial charge in [0, 0.05) is 43.2 Å². The Morgan fingerprint density at radius 3 is 3.24 bits per heavy atom. The van der Waals surface area contributed by atoms with E-state index in [9.17, 15) is 0 Å². The molecule has 0 saturated carbocycles. The second-order valence-electron chi connectivity index (χ2n) is 5.61. The van der Waals surface area contributed by atoms with Crippen molar-refractivity contribution < 1.29 is 4.74 Å². The fraction of sp³-hybridized carbons (Fsp3) is 0.615. The SMILES string of the molecule is NC1CN2CCC1C1(Cc3cccnc3O1)C2. The predicted octanol–water partition coefficient (Wildman–Crippen LogP) is 0.418. The van der Waals surface area contributed by atoms with Crippen LogP contribution in [0.2, 0.25) is 0 Å². The van der Waals surface area contributed by atoms with Crippen molar-refractivity contribution in [3.63, 3.8) is 0 Å². The average molecular weight is 231 g/mol. The van der Waals surface area contributed by atoms with E-state index in [0.717, 1.165) is 31.8 Å². The summed E-state index contributed by atoms with van der Waals surface area (Å²) in [5, 5.41) is 0. The summed E-state index contributed by atoms with van der Waals surface area (Å²) < 4.78 is 6.21. The Labute approximate surface area is 101 Å². The van der Waals surface area contributed by atoms with Gasteiger partial charge in [0.1, 0.15) is 5.60 Å². The smallest absolute Gasteiger partial charge is 0.217 e. The van der Waals surface area contributed by atoms with Gasteiger partial charge in [-0.1, -0.05) is 6.07 Å². The summed E-state index contributed by atoms with van der Waals surface area (Å²) in [5.41, 5.74) is 7.42. The highest BCUT2D eigenvalue weighted by molar-refractivity contribution is 5.34. The molecular weight excluding hydrogens is 214 g/mol. The topological polar surface area (TPSA) is 51.4 Å². The van der Waals surface area contributed by atoms with Gasteiger partial charge in [0.25, 0.3) is 0 Å². The summed E-state index contributed by atoms with van der Waals surface area (Å²) in [7, 11) is 0. The lowest BCUT2D eigenvalue weighted by Gasteiger charge is -2.53. The van der Waals surface area contributed by atoms with Crippen LogP contribution in [-0.4, -0.2) is 41.2 Å². The number of aromatic nitrogens is 1. The Hall–Kier alpha value is -1.13. The first-order valence-corrected chi connectivity index (χ1v) is 6.38. The molecule has 90 valence electrons. The molecule has 4 aliphatic rings. The Morgan fingerprint density at radius 1 is 1.53 bits per heavy atom. The monoisotopic (exact) mass is 231 g/mol. The number of rotatable bonds is 0. The van der Waals surface area contributed by atoms with Crippen LogP contribution >= 0.6 is 0 Å². The van der Waals surface area contributed by atoms with Crippen molar-refractivity contribution >= 4 is 0 Å². The van der Waals surface area contributed by atoms with Crippen LogP contribution in [0.4, 0.5) is 0 Å². The number of ether oxygens (including phenoxy) is 1. The van der Waals surface area contributed by atoms with Crippen LogP contribution in [0, 0.1) is 5.92 Å². The molecule has 1 aromatic rings. The summed E-state index contributed by atoms with van der Waals surface area (Å²) in [5.74, 6) is 1.31. The molecule has 0 aromatic carbocycles. The third kappa shape index (κ3) is 1.28. The van der Waals surface area contributed by atoms with Gasteiger partial charge in [0.15, 0.2) is 0 Å². The zero-order valence-corrected chi connectivity index (χ0v) is 9.80. The largest absolute Gasteiger partial charge is 0.469 e. The van der Waals surface area contributed by atoms with Crippen LogP contribution in [0.5, 0.6) is 5.88 Å². The number of hydrogen-bond acceptors (Lipinski definition) is 4. The molecule has 4 unspecified atom stereocenters. The van der Waals surface area contributed by atoms with Crippen molar-refractivity contribution in [1.82, 2.24) is 9.88 Å². The third-order valence-electron chi connectivity index (χ3n) is 4.55. The van der Waals surface area contributed by atoms with Crippen molar-refractivity contribution in [2.45, 2.75) is 24.5 Å². The van der Waals surface area contributed by atoms with E-state index in [1.807, 2.05) is 6.07 Å². The highest BCUT2D eigenvalue weighted by Crippen LogP contribution is 2.45. The summed E-state index contributed by atoms with van der Waals surface area (Å²) in [6, 6.07) is 4.37. The average Bonchev–Trinajstić information content (AvgIpc) is 2.66. The fourth-order valence-electron chi connectivity index (χ4n) is 3.84. The Balaban J connectivity index is 1.72. The van der Waals surface area contributed by atoms with E-state index in [0.29, 0.717) is 5.92 Å². The lowest BCUT2D eigenvalue weighted by Crippen LogP contribution is -2.69. The zero-order valence-electron chi connectivity index (χ0n) is 9.80. The molecule has 17 heavy (non-hydrogen) atoms. The highest BCUT2D eigenvalue weighted by Gasteiger charge is 2.55. The summed E-state index contributed by atoms with van der Waals surface area (Å²) in [6.45, 7) is 3.22. The van der Waals surface area contributed by atoms with E-state index in [4.69, 9.17) is 10.5 Å². The number of nitrogens with zero attached hydrogens (tertiary/aromatic N) is 2. The molecule has 4 heteroatoms. The maximum absolute atomic E-state index is 6.27. The normalized spacial score (nSPS) is 42.5. The van der Waals surface area contributed by atoms with Crippen LogP contribution in [-0.2, 0) is 6.42 Å². The highest BCUT2D eigenvalue weighted by atomic mass is 16.5. The molecule has 4 atom stereocenters. The fourth-order valence-corrected chi connectivity index (χ4v) is 3.84. The lowest BCUT2D eigenvalue weighted by molar-refractivity contribution is -0.0915. The summed E-state index contributed by atoms with van der Waals surface area (Å²) in [6.07, 6.45) is 3.94. The third-order valence-corrected chi connectivity index (χ3v) is 4.55. The van der Waals surface area contributed by atoms with Crippen molar-refractivity contribution in [3.8, 4) is 5.88 Å². The Bertz CT molecular complexity index is 437. The van der Waals surface area contributed by atoms with E-state index in [-0.39, 0.29) is 11.6 Å². The molecule has 4 aliphatic heterocycles. The number of fused-ring (bicyclic) bond motifs is 3. The maximum Gasteiger partial charge on any atom is 0.217 e. The van der Waals surface area contributed by atoms with Crippen molar-refractivity contribution in [3.05, 3.63) is 23.9 Å². The van der Waals surface area contributed by atoms with Gasteiger partial charge in [0.2, 0.25) is 5.88 Å². The van der Waals surface area contributed by atoms with Gasteiger partial charge in [-0.15, -0.1) is 0 Å². The Kier molecular flexibility index (Phi) is 1.86. The van der Waals surface area contributed by atoms with Gasteiger partial charge >= 0.3 is 0 Å². The van der Waals surface area contributed by atoms with Gasteiger partial charge in [0.05, 0.1) is 0 Å². The van der Waals surface area contributed by atoms with Gasteiger partial charge in [-0.05, 0) is 19.0 Å². The van der Waals surface area contributed by atoms with E-state index in [1.54, 1.807) is 6.20 Å². The minimum Gasteiger partial charge on any atom is -0.469 e. The first kappa shape index (κ1) is 9.85. The van der Waals surface area contributed by atoms with Crippen LogP contribution in [0.3, 0.4) is 0 Å². The van der Waals surface area contributed by atoms with Gasteiger partial charge < -0.3 is 10.5 Å². The maximum atomic E-state index is 6.27. The van der Waals surface area contributed by atoms with Crippen molar-refractivity contribution in [2.24, 2.45) is 11.7 Å². The quantitative estimate of drug-likeness (QED) is 0.703. The summed E-state index contributed by atoms with van der Waals surface area (Å²) in [4.78, 5) is 6.78. The molecule has 0 aliphatic carbocycles. The minimum atomic E-state index is -0.0907. The molecule has 3 saturated heterocycles. The number of nitrogens with two attached hydrogens (primary N) is 1. The molecule has 0 radical (unpaired) electrons. The molecule has 2 N–H and O–H groups in total. The van der Waals surface area contributed by atoms with Crippen molar-refractivity contribution in [2.75, 3.05) is 19.6 Å². The first-order valence-electron chi connectivity index (χ1n) is 6.38. The van der Waals surface area contributed by atoms with Crippen LogP contribution < -0.4 is 10.5 Å². The second-order valence-corrected chi connectivity index (χ2v) is 5.61. The Morgan fingerprint density at radius 2 is 2.47 bits per heavy atom. The molecule has 2 bridgehead atoms. The molecule has 1 spiro atoms. The van der Waals surface area contributed by atoms with Crippen molar-refractivity contribution in [1.29, 1.82) is 0 Å². The molecule has 4 nitrogen and oxygen atoms in total. The lowest BCUT2D eigenvalue weighted by atomic mass is 9.71. The predicted molar refractivity (Wildman–Crippen MR) is 63.8 cm³/mol. The molecule has 0 amide bonds. The minimum absolute atomic E-state index is 0.0907. The standard InChI is InChI=1S/C13H17N3O/c14-11-7-16-5-3-10(11)13(8-16)6-9-2-1-4-15-12(9)17-13/h1-2,4,10-11H,3,5-8,14H2. The van der Waals surface area contributed by atoms with Gasteiger partial charge in [-0.3, -0.25) is 4.90 Å². The molecule has 5 rings (SSSR count). The van der Waals surface area contributed by atoms with E-state index in [2.05, 4.69) is 16.0 Å². The van der Waals surface area contributed by atoms with Crippen LogP contribution in [0.25, 0.3) is 0 Å². The number of pyridine rings is 1. The van der Waals surface area contributed by atoms with Crippen LogP contribution in [0.15, 0.2) is 18.3 Å². The first-order chi connectivity index (χ1) is 8.27. The summed E-state index contributed by atoms with van der Waals surface area (Å²) >= 11 is 0. The van der Waals surface area contributed by atoms with E-state index < -0.39 is 0 Å². The molecule has 5 heterocycles. The second kappa shape index (κ2) is 3.21. The molecule has 3 fully saturated rings. The zero-order chi connectivity index (χ0) is 11.5. The number of hydrogen-bond donors (Lipinski definition) is 1. The molecule has 1 aromatic heterocycles. The van der Waals surface area contributed by atoms with Gasteiger partial charge in [-0.25, -0.2) is 4.98 Å². The molecular formula is C13H17N3O.